The van der Waals surface area contributed by atoms with Crippen LogP contribution in [0.1, 0.15) is 5.56 Å². The molecule has 3 rings (SSSR count). The molecule has 0 unspecified atom stereocenters. The van der Waals surface area contributed by atoms with E-state index in [1.165, 1.54) is 6.07 Å². The lowest BCUT2D eigenvalue weighted by molar-refractivity contribution is 0.303. The Morgan fingerprint density at radius 2 is 1.68 bits per heavy atom. The van der Waals surface area contributed by atoms with Crippen LogP contribution in [0.25, 0.3) is 11.1 Å². The van der Waals surface area contributed by atoms with E-state index in [4.69, 9.17) is 27.9 Å². The van der Waals surface area contributed by atoms with E-state index < -0.39 is 17.5 Å². The minimum absolute atomic E-state index is 0.0472. The molecule has 127 valence electrons. The van der Waals surface area contributed by atoms with Gasteiger partial charge in [0.1, 0.15) is 18.2 Å². The lowest BCUT2D eigenvalue weighted by Gasteiger charge is -2.10. The zero-order valence-electron chi connectivity index (χ0n) is 12.6. The number of hydrogen-bond donors (Lipinski definition) is 0. The second kappa shape index (κ2) is 7.38. The van der Waals surface area contributed by atoms with E-state index in [9.17, 15) is 13.2 Å². The van der Waals surface area contributed by atoms with Gasteiger partial charge in [-0.05, 0) is 41.5 Å². The third kappa shape index (κ3) is 4.27. The summed E-state index contributed by atoms with van der Waals surface area (Å²) in [4.78, 5) is 0. The van der Waals surface area contributed by atoms with Gasteiger partial charge in [0.15, 0.2) is 11.6 Å². The Labute approximate surface area is 152 Å². The highest BCUT2D eigenvalue weighted by Gasteiger charge is 2.10. The molecule has 0 heterocycles. The highest BCUT2D eigenvalue weighted by Crippen LogP contribution is 2.32. The van der Waals surface area contributed by atoms with Crippen molar-refractivity contribution in [1.29, 1.82) is 0 Å². The first-order valence-electron chi connectivity index (χ1n) is 7.17. The Bertz CT molecular complexity index is 929. The standard InChI is InChI=1S/C19H10Cl2F3O/c20-13-2-3-16(17(21)8-13)12-6-14(22)9-15(7-12)25-10-11-1-4-18(23)19(24)5-11/h1-5,7-9H,10H2. The molecular weight excluding hydrogens is 372 g/mol. The highest BCUT2D eigenvalue weighted by atomic mass is 35.5. The molecule has 0 aliphatic rings. The van der Waals surface area contributed by atoms with Crippen LogP contribution < -0.4 is 4.74 Å². The van der Waals surface area contributed by atoms with Gasteiger partial charge in [0.05, 0.1) is 0 Å². The summed E-state index contributed by atoms with van der Waals surface area (Å²) in [6, 6.07) is 13.5. The maximum Gasteiger partial charge on any atom is 0.159 e. The molecule has 0 saturated heterocycles. The first kappa shape index (κ1) is 17.6. The van der Waals surface area contributed by atoms with Gasteiger partial charge in [0.2, 0.25) is 0 Å². The first-order valence-corrected chi connectivity index (χ1v) is 7.93. The van der Waals surface area contributed by atoms with Crippen molar-refractivity contribution >= 4 is 23.2 Å². The maximum atomic E-state index is 13.9. The van der Waals surface area contributed by atoms with Gasteiger partial charge in [0, 0.05) is 27.7 Å². The number of ether oxygens (including phenoxy) is 1. The van der Waals surface area contributed by atoms with Crippen molar-refractivity contribution in [3.63, 3.8) is 0 Å². The van der Waals surface area contributed by atoms with E-state index in [-0.39, 0.29) is 12.4 Å². The summed E-state index contributed by atoms with van der Waals surface area (Å²) >= 11 is 12.0. The summed E-state index contributed by atoms with van der Waals surface area (Å²) in [7, 11) is 0. The molecule has 25 heavy (non-hydrogen) atoms. The van der Waals surface area contributed by atoms with Crippen LogP contribution in [0.2, 0.25) is 10.0 Å². The number of rotatable bonds is 4. The fourth-order valence-corrected chi connectivity index (χ4v) is 2.75. The van der Waals surface area contributed by atoms with Gasteiger partial charge < -0.3 is 4.74 Å². The van der Waals surface area contributed by atoms with Crippen LogP contribution in [0.3, 0.4) is 0 Å². The summed E-state index contributed by atoms with van der Waals surface area (Å²) in [6.07, 6.45) is 0. The zero-order valence-corrected chi connectivity index (χ0v) is 14.1. The lowest BCUT2D eigenvalue weighted by Crippen LogP contribution is -1.98. The van der Waals surface area contributed by atoms with Crippen LogP contribution in [0.4, 0.5) is 13.2 Å². The summed E-state index contributed by atoms with van der Waals surface area (Å²) in [5.74, 6) is -2.34. The molecule has 0 saturated carbocycles. The normalized spacial score (nSPS) is 10.8. The molecule has 0 N–H and O–H groups in total. The SMILES string of the molecule is Fc1[c]c(-c2ccc(Cl)cc2Cl)cc(OCc2ccc(F)c(F)c2)c1. The largest absolute Gasteiger partial charge is 0.489 e. The second-order valence-electron chi connectivity index (χ2n) is 5.24. The van der Waals surface area contributed by atoms with Crippen LogP contribution >= 0.6 is 23.2 Å². The molecule has 1 nitrogen and oxygen atoms in total. The predicted octanol–water partition coefficient (Wildman–Crippen LogP) is 6.46. The van der Waals surface area contributed by atoms with E-state index in [1.807, 2.05) is 0 Å². The molecule has 3 aromatic carbocycles. The predicted molar refractivity (Wildman–Crippen MR) is 91.4 cm³/mol. The average Bonchev–Trinajstić information content (AvgIpc) is 2.55. The Balaban J connectivity index is 1.85. The Morgan fingerprint density at radius 3 is 2.40 bits per heavy atom. The van der Waals surface area contributed by atoms with Crippen LogP contribution in [0.15, 0.2) is 48.5 Å². The molecule has 0 fully saturated rings. The van der Waals surface area contributed by atoms with Crippen molar-refractivity contribution in [2.24, 2.45) is 0 Å². The van der Waals surface area contributed by atoms with Gasteiger partial charge >= 0.3 is 0 Å². The van der Waals surface area contributed by atoms with Crippen molar-refractivity contribution in [3.8, 4) is 16.9 Å². The van der Waals surface area contributed by atoms with Gasteiger partial charge in [0.25, 0.3) is 0 Å². The van der Waals surface area contributed by atoms with Crippen molar-refractivity contribution in [2.75, 3.05) is 0 Å². The highest BCUT2D eigenvalue weighted by molar-refractivity contribution is 6.36. The Hall–Kier alpha value is -2.17. The van der Waals surface area contributed by atoms with Crippen LogP contribution in [0, 0.1) is 23.5 Å². The molecular formula is C19H10Cl2F3O. The molecule has 3 aromatic rings. The summed E-state index contributed by atoms with van der Waals surface area (Å²) in [6.45, 7) is -0.0472. The average molecular weight is 382 g/mol. The summed E-state index contributed by atoms with van der Waals surface area (Å²) < 4.78 is 45.5. The third-order valence-electron chi connectivity index (χ3n) is 3.42. The quantitative estimate of drug-likeness (QED) is 0.503. The molecule has 0 amide bonds. The zero-order chi connectivity index (χ0) is 18.0. The molecule has 0 spiro atoms. The number of halogens is 5. The van der Waals surface area contributed by atoms with Crippen molar-refractivity contribution < 1.29 is 17.9 Å². The second-order valence-corrected chi connectivity index (χ2v) is 6.08. The Morgan fingerprint density at radius 1 is 0.880 bits per heavy atom. The fraction of sp³-hybridized carbons (Fsp3) is 0.0526. The molecule has 0 bridgehead atoms. The van der Waals surface area contributed by atoms with Gasteiger partial charge in [-0.1, -0.05) is 35.3 Å². The van der Waals surface area contributed by atoms with E-state index in [0.717, 1.165) is 18.2 Å². The monoisotopic (exact) mass is 381 g/mol. The third-order valence-corrected chi connectivity index (χ3v) is 3.97. The summed E-state index contributed by atoms with van der Waals surface area (Å²) in [5.41, 5.74) is 1.35. The van der Waals surface area contributed by atoms with Crippen LogP contribution in [0.5, 0.6) is 5.75 Å². The number of benzene rings is 3. The minimum atomic E-state index is -0.970. The van der Waals surface area contributed by atoms with E-state index in [0.29, 0.717) is 26.7 Å². The van der Waals surface area contributed by atoms with Gasteiger partial charge in [-0.25, -0.2) is 13.2 Å². The first-order chi connectivity index (χ1) is 11.9. The van der Waals surface area contributed by atoms with Crippen molar-refractivity contribution in [2.45, 2.75) is 6.61 Å². The topological polar surface area (TPSA) is 9.23 Å². The van der Waals surface area contributed by atoms with Crippen molar-refractivity contribution in [3.05, 3.63) is 87.7 Å². The van der Waals surface area contributed by atoms with E-state index in [1.54, 1.807) is 24.3 Å². The molecule has 1 radical (unpaired) electrons. The molecule has 0 atom stereocenters. The Kier molecular flexibility index (Phi) is 5.21. The molecule has 0 aromatic heterocycles. The molecule has 0 aliphatic heterocycles. The maximum absolute atomic E-state index is 13.9. The van der Waals surface area contributed by atoms with Gasteiger partial charge in [-0.3, -0.25) is 0 Å². The number of hydrogen-bond acceptors (Lipinski definition) is 1. The smallest absolute Gasteiger partial charge is 0.159 e. The van der Waals surface area contributed by atoms with Crippen LogP contribution in [-0.2, 0) is 6.61 Å². The van der Waals surface area contributed by atoms with Gasteiger partial charge in [-0.15, -0.1) is 0 Å². The molecule has 0 aliphatic carbocycles. The molecule has 6 heteroatoms. The van der Waals surface area contributed by atoms with Gasteiger partial charge in [-0.2, -0.15) is 0 Å². The van der Waals surface area contributed by atoms with E-state index in [2.05, 4.69) is 6.07 Å². The van der Waals surface area contributed by atoms with Crippen molar-refractivity contribution in [1.82, 2.24) is 0 Å². The lowest BCUT2D eigenvalue weighted by atomic mass is 10.1. The van der Waals surface area contributed by atoms with E-state index >= 15 is 0 Å². The minimum Gasteiger partial charge on any atom is -0.489 e. The summed E-state index contributed by atoms with van der Waals surface area (Å²) in [5, 5.41) is 0.806. The van der Waals surface area contributed by atoms with Crippen LogP contribution in [-0.4, -0.2) is 0 Å². The fourth-order valence-electron chi connectivity index (χ4n) is 2.24.